The molecule has 2 N–H and O–H groups in total. The normalized spacial score (nSPS) is 10.8. The van der Waals surface area contributed by atoms with Gasteiger partial charge in [-0.25, -0.2) is 18.0 Å². The minimum atomic E-state index is -4.26. The van der Waals surface area contributed by atoms with Gasteiger partial charge in [0.2, 0.25) is 0 Å². The number of rotatable bonds is 5. The minimum absolute atomic E-state index is 0.0830. The second-order valence-electron chi connectivity index (χ2n) is 6.48. The Labute approximate surface area is 180 Å². The Morgan fingerprint density at radius 1 is 0.903 bits per heavy atom. The van der Waals surface area contributed by atoms with Crippen molar-refractivity contribution in [3.05, 3.63) is 84.4 Å². The van der Waals surface area contributed by atoms with Crippen molar-refractivity contribution in [3.63, 3.8) is 0 Å². The summed E-state index contributed by atoms with van der Waals surface area (Å²) < 4.78 is 32.0. The highest BCUT2D eigenvalue weighted by molar-refractivity contribution is 7.93. The quantitative estimate of drug-likeness (QED) is 0.622. The van der Waals surface area contributed by atoms with E-state index in [9.17, 15) is 18.0 Å². The summed E-state index contributed by atoms with van der Waals surface area (Å²) in [6, 6.07) is 18.3. The number of carbonyl (C=O) groups is 2. The van der Waals surface area contributed by atoms with Gasteiger partial charge >= 0.3 is 12.1 Å². The Morgan fingerprint density at radius 2 is 1.52 bits per heavy atom. The lowest BCUT2D eigenvalue weighted by Crippen LogP contribution is -2.47. The summed E-state index contributed by atoms with van der Waals surface area (Å²) in [5.41, 5.74) is 1.25. The Balaban J connectivity index is 1.87. The maximum Gasteiger partial charge on any atom is 0.344 e. The molecule has 3 rings (SSSR count). The number of urea groups is 2. The first-order valence-electron chi connectivity index (χ1n) is 9.25. The largest absolute Gasteiger partial charge is 0.497 e. The molecule has 8 nitrogen and oxygen atoms in total. The van der Waals surface area contributed by atoms with E-state index in [0.29, 0.717) is 21.3 Å². The van der Waals surface area contributed by atoms with Crippen LogP contribution in [0.1, 0.15) is 5.56 Å². The zero-order chi connectivity index (χ0) is 22.4. The van der Waals surface area contributed by atoms with Crippen LogP contribution in [-0.4, -0.2) is 27.6 Å². The molecule has 0 heterocycles. The maximum absolute atomic E-state index is 13.2. The Morgan fingerprint density at radius 3 is 2.10 bits per heavy atom. The van der Waals surface area contributed by atoms with E-state index in [1.165, 1.54) is 31.4 Å². The fourth-order valence-corrected chi connectivity index (χ4v) is 4.21. The molecular formula is C22H21N3O5S. The van der Waals surface area contributed by atoms with Crippen molar-refractivity contribution in [1.82, 2.24) is 5.32 Å². The number of ether oxygens (including phenoxy) is 1. The van der Waals surface area contributed by atoms with Gasteiger partial charge in [-0.2, -0.15) is 4.31 Å². The standard InChI is InChI=1S/C22H21N3O5S/c1-16-15-18(30-2)13-14-20(16)23-21(26)24-22(27)25(17-9-5-3-6-10-17)31(28,29)19-11-7-4-8-12-19/h3-15H,1-2H3,(H2,23,24,26,27). The van der Waals surface area contributed by atoms with Gasteiger partial charge in [0.25, 0.3) is 10.0 Å². The smallest absolute Gasteiger partial charge is 0.344 e. The molecule has 0 saturated carbocycles. The summed E-state index contributed by atoms with van der Waals surface area (Å²) in [7, 11) is -2.74. The SMILES string of the molecule is COc1ccc(NC(=O)NC(=O)N(c2ccccc2)S(=O)(=O)c2ccccc2)c(C)c1. The van der Waals surface area contributed by atoms with Crippen molar-refractivity contribution in [2.75, 3.05) is 16.7 Å². The molecule has 0 aliphatic rings. The highest BCUT2D eigenvalue weighted by atomic mass is 32.2. The van der Waals surface area contributed by atoms with Gasteiger partial charge in [-0.15, -0.1) is 0 Å². The molecule has 0 atom stereocenters. The number of para-hydroxylation sites is 1. The first-order chi connectivity index (χ1) is 14.8. The molecule has 0 saturated heterocycles. The number of imide groups is 1. The number of methoxy groups -OCH3 is 1. The Hall–Kier alpha value is -3.85. The molecule has 0 aromatic heterocycles. The molecule has 0 aliphatic heterocycles. The van der Waals surface area contributed by atoms with E-state index >= 15 is 0 Å². The zero-order valence-electron chi connectivity index (χ0n) is 16.9. The summed E-state index contributed by atoms with van der Waals surface area (Å²) in [6.45, 7) is 1.76. The summed E-state index contributed by atoms with van der Waals surface area (Å²) in [6.07, 6.45) is 0. The summed E-state index contributed by atoms with van der Waals surface area (Å²) >= 11 is 0. The Bertz CT molecular complexity index is 1180. The van der Waals surface area contributed by atoms with Gasteiger partial charge < -0.3 is 10.1 Å². The number of sulfonamides is 1. The Kier molecular flexibility index (Phi) is 6.56. The van der Waals surface area contributed by atoms with E-state index in [0.717, 1.165) is 0 Å². The van der Waals surface area contributed by atoms with Gasteiger partial charge in [-0.3, -0.25) is 5.32 Å². The highest BCUT2D eigenvalue weighted by Crippen LogP contribution is 2.24. The van der Waals surface area contributed by atoms with Gasteiger partial charge in [0.05, 0.1) is 17.7 Å². The number of anilines is 2. The van der Waals surface area contributed by atoms with Crippen molar-refractivity contribution in [3.8, 4) is 5.75 Å². The van der Waals surface area contributed by atoms with Crippen molar-refractivity contribution < 1.29 is 22.7 Å². The molecule has 3 aromatic rings. The maximum atomic E-state index is 13.2. The lowest BCUT2D eigenvalue weighted by atomic mass is 10.2. The average molecular weight is 439 g/mol. The fraction of sp³-hybridized carbons (Fsp3) is 0.0909. The van der Waals surface area contributed by atoms with Crippen LogP contribution in [0.4, 0.5) is 21.0 Å². The first kappa shape index (κ1) is 21.8. The monoisotopic (exact) mass is 439 g/mol. The fourth-order valence-electron chi connectivity index (χ4n) is 2.83. The molecule has 31 heavy (non-hydrogen) atoms. The lowest BCUT2D eigenvalue weighted by molar-refractivity contribution is 0.238. The molecule has 0 unspecified atom stereocenters. The van der Waals surface area contributed by atoms with Crippen molar-refractivity contribution >= 4 is 33.5 Å². The van der Waals surface area contributed by atoms with Crippen LogP contribution >= 0.6 is 0 Å². The van der Waals surface area contributed by atoms with Crippen LogP contribution in [-0.2, 0) is 10.0 Å². The van der Waals surface area contributed by atoms with Crippen LogP contribution in [0.2, 0.25) is 0 Å². The number of hydrogen-bond donors (Lipinski definition) is 2. The molecule has 0 aliphatic carbocycles. The van der Waals surface area contributed by atoms with E-state index < -0.39 is 22.1 Å². The third-order valence-electron chi connectivity index (χ3n) is 4.36. The second kappa shape index (κ2) is 9.31. The number of nitrogens with one attached hydrogen (secondary N) is 2. The molecule has 160 valence electrons. The molecule has 4 amide bonds. The molecule has 0 spiro atoms. The van der Waals surface area contributed by atoms with Gasteiger partial charge in [-0.1, -0.05) is 36.4 Å². The zero-order valence-corrected chi connectivity index (χ0v) is 17.7. The van der Waals surface area contributed by atoms with E-state index in [4.69, 9.17) is 4.74 Å². The van der Waals surface area contributed by atoms with Crippen molar-refractivity contribution in [2.24, 2.45) is 0 Å². The summed E-state index contributed by atoms with van der Waals surface area (Å²) in [5, 5.41) is 4.63. The van der Waals surface area contributed by atoms with Crippen molar-refractivity contribution in [1.29, 1.82) is 0 Å². The van der Waals surface area contributed by atoms with Crippen LogP contribution in [0, 0.1) is 6.92 Å². The number of nitrogens with zero attached hydrogens (tertiary/aromatic N) is 1. The molecule has 0 radical (unpaired) electrons. The molecule has 0 fully saturated rings. The highest BCUT2D eigenvalue weighted by Gasteiger charge is 2.32. The lowest BCUT2D eigenvalue weighted by Gasteiger charge is -2.22. The molecule has 3 aromatic carbocycles. The first-order valence-corrected chi connectivity index (χ1v) is 10.7. The van der Waals surface area contributed by atoms with Crippen LogP contribution in [0.15, 0.2) is 83.8 Å². The number of hydrogen-bond acceptors (Lipinski definition) is 5. The molecular weight excluding hydrogens is 418 g/mol. The van der Waals surface area contributed by atoms with E-state index in [1.807, 2.05) is 0 Å². The van der Waals surface area contributed by atoms with E-state index in [-0.39, 0.29) is 10.6 Å². The number of carbonyl (C=O) groups excluding carboxylic acids is 2. The van der Waals surface area contributed by atoms with Crippen LogP contribution < -0.4 is 19.7 Å². The predicted octanol–water partition coefficient (Wildman–Crippen LogP) is 4.14. The summed E-state index contributed by atoms with van der Waals surface area (Å²) in [5.74, 6) is 0.615. The topological polar surface area (TPSA) is 105 Å². The average Bonchev–Trinajstić information content (AvgIpc) is 2.76. The van der Waals surface area contributed by atoms with Gasteiger partial charge in [0.1, 0.15) is 5.75 Å². The van der Waals surface area contributed by atoms with Gasteiger partial charge in [0, 0.05) is 5.69 Å². The summed E-state index contributed by atoms with van der Waals surface area (Å²) in [4.78, 5) is 25.3. The van der Waals surface area contributed by atoms with Crippen LogP contribution in [0.5, 0.6) is 5.75 Å². The van der Waals surface area contributed by atoms with Gasteiger partial charge in [0.15, 0.2) is 0 Å². The number of benzene rings is 3. The number of amides is 4. The third-order valence-corrected chi connectivity index (χ3v) is 6.08. The predicted molar refractivity (Wildman–Crippen MR) is 118 cm³/mol. The third kappa shape index (κ3) is 5.01. The minimum Gasteiger partial charge on any atom is -0.497 e. The van der Waals surface area contributed by atoms with Crippen molar-refractivity contribution in [2.45, 2.75) is 11.8 Å². The molecule has 9 heteroatoms. The van der Waals surface area contributed by atoms with Gasteiger partial charge in [-0.05, 0) is 55.0 Å². The number of aryl methyl sites for hydroxylation is 1. The van der Waals surface area contributed by atoms with E-state index in [2.05, 4.69) is 10.6 Å². The van der Waals surface area contributed by atoms with Crippen LogP contribution in [0.25, 0.3) is 0 Å². The second-order valence-corrected chi connectivity index (χ2v) is 8.27. The molecule has 0 bridgehead atoms. The van der Waals surface area contributed by atoms with E-state index in [1.54, 1.807) is 61.5 Å². The van der Waals surface area contributed by atoms with Crippen LogP contribution in [0.3, 0.4) is 0 Å².